The van der Waals surface area contributed by atoms with Gasteiger partial charge in [0.1, 0.15) is 0 Å². The van der Waals surface area contributed by atoms with Crippen molar-refractivity contribution in [2.24, 2.45) is 0 Å². The molecule has 0 heterocycles. The van der Waals surface area contributed by atoms with Gasteiger partial charge in [0.2, 0.25) is 0 Å². The summed E-state index contributed by atoms with van der Waals surface area (Å²) < 4.78 is 0. The highest BCUT2D eigenvalue weighted by atomic mass is 35.5. The number of anilines is 2. The van der Waals surface area contributed by atoms with Gasteiger partial charge in [0.25, 0.3) is 0 Å². The molecule has 0 fully saturated rings. The topological polar surface area (TPSA) is 58.2 Å². The second-order valence-corrected chi connectivity index (χ2v) is 5.39. The first-order chi connectivity index (χ1) is 10.5. The van der Waals surface area contributed by atoms with Crippen molar-refractivity contribution >= 4 is 46.4 Å². The molecule has 0 bridgehead atoms. The summed E-state index contributed by atoms with van der Waals surface area (Å²) in [6.07, 6.45) is 0.751. The molecule has 0 aliphatic heterocycles. The van der Waals surface area contributed by atoms with Gasteiger partial charge in [-0.25, -0.2) is 0 Å². The highest BCUT2D eigenvalue weighted by Gasteiger charge is 2.16. The monoisotopic (exact) mass is 336 g/mol. The lowest BCUT2D eigenvalue weighted by Gasteiger charge is -2.10. The van der Waals surface area contributed by atoms with Crippen LogP contribution in [0.5, 0.6) is 0 Å². The maximum atomic E-state index is 12.0. The molecule has 2 aromatic rings. The summed E-state index contributed by atoms with van der Waals surface area (Å²) in [5.41, 5.74) is 1.90. The van der Waals surface area contributed by atoms with E-state index in [-0.39, 0.29) is 5.02 Å². The standard InChI is InChI=1S/C16H14Cl2N2O2/c1-2-10-5-3-4-6-13(10)19-15(21)16(22)20-14-8-7-11(17)9-12(14)18/h3-9H,2H2,1H3,(H,19,21)(H,20,22). The van der Waals surface area contributed by atoms with Crippen molar-refractivity contribution in [1.82, 2.24) is 0 Å². The van der Waals surface area contributed by atoms with E-state index in [0.29, 0.717) is 16.4 Å². The fourth-order valence-corrected chi connectivity index (χ4v) is 2.36. The quantitative estimate of drug-likeness (QED) is 0.828. The van der Waals surface area contributed by atoms with Crippen LogP contribution in [0, 0.1) is 0 Å². The number of nitrogens with one attached hydrogen (secondary N) is 2. The Morgan fingerprint density at radius 2 is 1.59 bits per heavy atom. The molecule has 22 heavy (non-hydrogen) atoms. The van der Waals surface area contributed by atoms with E-state index >= 15 is 0 Å². The number of carbonyl (C=O) groups is 2. The smallest absolute Gasteiger partial charge is 0.314 e. The zero-order chi connectivity index (χ0) is 16.1. The molecule has 0 unspecified atom stereocenters. The van der Waals surface area contributed by atoms with Crippen molar-refractivity contribution in [2.75, 3.05) is 10.6 Å². The van der Waals surface area contributed by atoms with Gasteiger partial charge in [-0.3, -0.25) is 9.59 Å². The third-order valence-electron chi connectivity index (χ3n) is 3.03. The molecule has 2 amide bonds. The average molecular weight is 337 g/mol. The molecule has 2 aromatic carbocycles. The lowest BCUT2D eigenvalue weighted by Crippen LogP contribution is -2.29. The lowest BCUT2D eigenvalue weighted by molar-refractivity contribution is -0.133. The van der Waals surface area contributed by atoms with Gasteiger partial charge in [0.15, 0.2) is 0 Å². The highest BCUT2D eigenvalue weighted by molar-refractivity contribution is 6.45. The van der Waals surface area contributed by atoms with Crippen molar-refractivity contribution in [2.45, 2.75) is 13.3 Å². The molecule has 2 rings (SSSR count). The van der Waals surface area contributed by atoms with Crippen LogP contribution in [0.25, 0.3) is 0 Å². The molecular weight excluding hydrogens is 323 g/mol. The predicted molar refractivity (Wildman–Crippen MR) is 89.5 cm³/mol. The summed E-state index contributed by atoms with van der Waals surface area (Å²) in [6, 6.07) is 11.9. The Morgan fingerprint density at radius 1 is 0.955 bits per heavy atom. The molecule has 0 saturated heterocycles. The van der Waals surface area contributed by atoms with Crippen molar-refractivity contribution in [3.63, 3.8) is 0 Å². The molecule has 0 aliphatic carbocycles. The average Bonchev–Trinajstić information content (AvgIpc) is 2.50. The summed E-state index contributed by atoms with van der Waals surface area (Å²) in [7, 11) is 0. The Hall–Kier alpha value is -2.04. The molecule has 0 aromatic heterocycles. The van der Waals surface area contributed by atoms with Crippen LogP contribution >= 0.6 is 23.2 Å². The van der Waals surface area contributed by atoms with E-state index in [0.717, 1.165) is 12.0 Å². The van der Waals surface area contributed by atoms with Gasteiger partial charge in [-0.2, -0.15) is 0 Å². The third kappa shape index (κ3) is 4.00. The Bertz CT molecular complexity index is 717. The summed E-state index contributed by atoms with van der Waals surface area (Å²) >= 11 is 11.7. The first kappa shape index (κ1) is 16.3. The number of hydrogen-bond acceptors (Lipinski definition) is 2. The molecule has 0 aliphatic rings. The van der Waals surface area contributed by atoms with Gasteiger partial charge >= 0.3 is 11.8 Å². The fraction of sp³-hybridized carbons (Fsp3) is 0.125. The minimum absolute atomic E-state index is 0.266. The van der Waals surface area contributed by atoms with Crippen LogP contribution in [-0.2, 0) is 16.0 Å². The summed E-state index contributed by atoms with van der Waals surface area (Å²) in [6.45, 7) is 1.97. The largest absolute Gasteiger partial charge is 0.318 e. The lowest BCUT2D eigenvalue weighted by atomic mass is 10.1. The molecule has 4 nitrogen and oxygen atoms in total. The van der Waals surface area contributed by atoms with Crippen LogP contribution in [0.4, 0.5) is 11.4 Å². The van der Waals surface area contributed by atoms with E-state index in [1.54, 1.807) is 18.2 Å². The normalized spacial score (nSPS) is 10.1. The van der Waals surface area contributed by atoms with Crippen LogP contribution in [0.3, 0.4) is 0 Å². The maximum Gasteiger partial charge on any atom is 0.314 e. The fourth-order valence-electron chi connectivity index (χ4n) is 1.90. The van der Waals surface area contributed by atoms with Crippen LogP contribution < -0.4 is 10.6 Å². The summed E-state index contributed by atoms with van der Waals surface area (Å²) in [5.74, 6) is -1.55. The minimum Gasteiger partial charge on any atom is -0.318 e. The van der Waals surface area contributed by atoms with Crippen LogP contribution in [0.15, 0.2) is 42.5 Å². The molecule has 0 radical (unpaired) electrons. The van der Waals surface area contributed by atoms with Crippen molar-refractivity contribution < 1.29 is 9.59 Å². The van der Waals surface area contributed by atoms with Crippen molar-refractivity contribution in [3.8, 4) is 0 Å². The molecule has 114 valence electrons. The summed E-state index contributed by atoms with van der Waals surface area (Å²) in [5, 5.41) is 5.76. The first-order valence-corrected chi connectivity index (χ1v) is 7.42. The summed E-state index contributed by atoms with van der Waals surface area (Å²) in [4.78, 5) is 23.9. The van der Waals surface area contributed by atoms with E-state index in [9.17, 15) is 9.59 Å². The Balaban J connectivity index is 2.08. The van der Waals surface area contributed by atoms with Crippen molar-refractivity contribution in [3.05, 3.63) is 58.1 Å². The molecular formula is C16H14Cl2N2O2. The number of aryl methyl sites for hydroxylation is 1. The van der Waals surface area contributed by atoms with E-state index in [4.69, 9.17) is 23.2 Å². The maximum absolute atomic E-state index is 12.0. The molecule has 0 spiro atoms. The zero-order valence-electron chi connectivity index (χ0n) is 11.8. The van der Waals surface area contributed by atoms with Crippen LogP contribution in [-0.4, -0.2) is 11.8 Å². The number of rotatable bonds is 3. The van der Waals surface area contributed by atoms with Gasteiger partial charge in [-0.15, -0.1) is 0 Å². The van der Waals surface area contributed by atoms with Gasteiger partial charge in [-0.1, -0.05) is 48.3 Å². The van der Waals surface area contributed by atoms with Crippen molar-refractivity contribution in [1.29, 1.82) is 0 Å². The third-order valence-corrected chi connectivity index (χ3v) is 3.58. The number of carbonyl (C=O) groups excluding carboxylic acids is 2. The number of amides is 2. The van der Waals surface area contributed by atoms with Gasteiger partial charge in [0, 0.05) is 10.7 Å². The Kier molecular flexibility index (Phi) is 5.41. The second kappa shape index (κ2) is 7.29. The van der Waals surface area contributed by atoms with E-state index in [1.807, 2.05) is 19.1 Å². The zero-order valence-corrected chi connectivity index (χ0v) is 13.3. The molecule has 0 saturated carbocycles. The molecule has 6 heteroatoms. The van der Waals surface area contributed by atoms with E-state index < -0.39 is 11.8 Å². The van der Waals surface area contributed by atoms with Gasteiger partial charge < -0.3 is 10.6 Å². The van der Waals surface area contributed by atoms with Crippen LogP contribution in [0.1, 0.15) is 12.5 Å². The second-order valence-electron chi connectivity index (χ2n) is 4.54. The number of benzene rings is 2. The Labute approximate surface area is 138 Å². The minimum atomic E-state index is -0.796. The van der Waals surface area contributed by atoms with E-state index in [1.165, 1.54) is 12.1 Å². The first-order valence-electron chi connectivity index (χ1n) is 6.66. The highest BCUT2D eigenvalue weighted by Crippen LogP contribution is 2.25. The number of para-hydroxylation sites is 1. The van der Waals surface area contributed by atoms with Gasteiger partial charge in [-0.05, 0) is 36.2 Å². The SMILES string of the molecule is CCc1ccccc1NC(=O)C(=O)Nc1ccc(Cl)cc1Cl. The molecule has 2 N–H and O–H groups in total. The number of hydrogen-bond donors (Lipinski definition) is 2. The Morgan fingerprint density at radius 3 is 2.23 bits per heavy atom. The predicted octanol–water partition coefficient (Wildman–Crippen LogP) is 4.13. The molecule has 0 atom stereocenters. The van der Waals surface area contributed by atoms with E-state index in [2.05, 4.69) is 10.6 Å². The van der Waals surface area contributed by atoms with Gasteiger partial charge in [0.05, 0.1) is 10.7 Å². The number of halogens is 2. The van der Waals surface area contributed by atoms with Crippen LogP contribution in [0.2, 0.25) is 10.0 Å².